The lowest BCUT2D eigenvalue weighted by atomic mass is 10.0. The molecule has 0 amide bonds. The topological polar surface area (TPSA) is 57.5 Å². The molecule has 0 bridgehead atoms. The Bertz CT molecular complexity index is 579. The third kappa shape index (κ3) is 2.81. The van der Waals surface area contributed by atoms with Crippen molar-refractivity contribution in [3.63, 3.8) is 0 Å². The summed E-state index contributed by atoms with van der Waals surface area (Å²) in [6.07, 6.45) is 0.231. The van der Waals surface area contributed by atoms with Crippen molar-refractivity contribution in [1.82, 2.24) is 0 Å². The molecule has 0 aliphatic rings. The van der Waals surface area contributed by atoms with Gasteiger partial charge >= 0.3 is 0 Å². The van der Waals surface area contributed by atoms with Crippen LogP contribution in [0, 0.1) is 3.57 Å². The van der Waals surface area contributed by atoms with Crippen molar-refractivity contribution in [3.05, 3.63) is 57.2 Å². The van der Waals surface area contributed by atoms with E-state index in [1.54, 1.807) is 0 Å². The van der Waals surface area contributed by atoms with E-state index in [0.717, 1.165) is 5.56 Å². The van der Waals surface area contributed by atoms with Gasteiger partial charge in [0.25, 0.3) is 0 Å². The fourth-order valence-corrected chi connectivity index (χ4v) is 2.12. The van der Waals surface area contributed by atoms with Crippen molar-refractivity contribution < 1.29 is 15.0 Å². The molecule has 18 heavy (non-hydrogen) atoms. The van der Waals surface area contributed by atoms with Crippen LogP contribution in [0.25, 0.3) is 0 Å². The van der Waals surface area contributed by atoms with Gasteiger partial charge in [0, 0.05) is 12.5 Å². The largest absolute Gasteiger partial charge is 0.507 e. The third-order valence-electron chi connectivity index (χ3n) is 2.57. The first-order valence-electron chi connectivity index (χ1n) is 5.36. The molecule has 2 N–H and O–H groups in total. The van der Waals surface area contributed by atoms with Gasteiger partial charge in [-0.25, -0.2) is 0 Å². The predicted molar refractivity (Wildman–Crippen MR) is 77.0 cm³/mol. The quantitative estimate of drug-likeness (QED) is 0.658. The highest BCUT2D eigenvalue weighted by Gasteiger charge is 2.14. The second-order valence-electron chi connectivity index (χ2n) is 3.91. The lowest BCUT2D eigenvalue weighted by Gasteiger charge is -2.06. The Labute approximate surface area is 118 Å². The Morgan fingerprint density at radius 2 is 1.72 bits per heavy atom. The zero-order valence-corrected chi connectivity index (χ0v) is 11.6. The fraction of sp³-hybridized carbons (Fsp3) is 0.0714. The smallest absolute Gasteiger partial charge is 0.170 e. The second kappa shape index (κ2) is 5.39. The maximum atomic E-state index is 12.1. The van der Waals surface area contributed by atoms with E-state index < -0.39 is 0 Å². The molecule has 2 aromatic rings. The molecule has 92 valence electrons. The molecule has 3 nitrogen and oxygen atoms in total. The van der Waals surface area contributed by atoms with Gasteiger partial charge in [0.2, 0.25) is 0 Å². The van der Waals surface area contributed by atoms with E-state index >= 15 is 0 Å². The van der Waals surface area contributed by atoms with Crippen molar-refractivity contribution in [2.75, 3.05) is 0 Å². The Kier molecular flexibility index (Phi) is 3.86. The van der Waals surface area contributed by atoms with Gasteiger partial charge in [-0.1, -0.05) is 30.3 Å². The number of hydrogen-bond donors (Lipinski definition) is 2. The van der Waals surface area contributed by atoms with Crippen molar-refractivity contribution >= 4 is 28.4 Å². The minimum absolute atomic E-state index is 0.0237. The van der Waals surface area contributed by atoms with Crippen LogP contribution in [0.1, 0.15) is 15.9 Å². The van der Waals surface area contributed by atoms with Crippen LogP contribution in [-0.4, -0.2) is 16.0 Å². The number of ketones is 1. The predicted octanol–water partition coefficient (Wildman–Crippen LogP) is 3.13. The molecule has 0 atom stereocenters. The highest BCUT2D eigenvalue weighted by molar-refractivity contribution is 14.1. The molecule has 2 aromatic carbocycles. The van der Waals surface area contributed by atoms with Crippen molar-refractivity contribution in [3.8, 4) is 11.5 Å². The minimum Gasteiger partial charge on any atom is -0.507 e. The maximum absolute atomic E-state index is 12.1. The Morgan fingerprint density at radius 1 is 1.06 bits per heavy atom. The van der Waals surface area contributed by atoms with Gasteiger partial charge in [0.05, 0.1) is 9.13 Å². The highest BCUT2D eigenvalue weighted by atomic mass is 127. The summed E-state index contributed by atoms with van der Waals surface area (Å²) in [5.74, 6) is -0.380. The van der Waals surface area contributed by atoms with Gasteiger partial charge in [0.1, 0.15) is 11.5 Å². The zero-order valence-electron chi connectivity index (χ0n) is 9.43. The summed E-state index contributed by atoms with van der Waals surface area (Å²) in [7, 11) is 0. The van der Waals surface area contributed by atoms with Gasteiger partial charge < -0.3 is 10.2 Å². The molecule has 0 aromatic heterocycles. The molecular weight excluding hydrogens is 343 g/mol. The number of carbonyl (C=O) groups excluding carboxylic acids is 1. The summed E-state index contributed by atoms with van der Waals surface area (Å²) in [6, 6.07) is 12.0. The average Bonchev–Trinajstić information content (AvgIpc) is 2.35. The number of hydrogen-bond acceptors (Lipinski definition) is 3. The molecule has 0 aliphatic carbocycles. The summed E-state index contributed by atoms with van der Waals surface area (Å²) >= 11 is 1.92. The summed E-state index contributed by atoms with van der Waals surface area (Å²) < 4.78 is 0.543. The van der Waals surface area contributed by atoms with E-state index in [1.807, 2.05) is 52.9 Å². The first kappa shape index (κ1) is 12.9. The molecule has 0 saturated heterocycles. The Hall–Kier alpha value is -1.56. The standard InChI is InChI=1S/C14H11IO3/c15-11-7-10(13(17)8-14(11)18)12(16)6-9-4-2-1-3-5-9/h1-5,7-8,17-18H,6H2. The van der Waals surface area contributed by atoms with Crippen molar-refractivity contribution in [2.45, 2.75) is 6.42 Å². The van der Waals surface area contributed by atoms with Gasteiger partial charge in [-0.15, -0.1) is 0 Å². The molecular formula is C14H11IO3. The van der Waals surface area contributed by atoms with Crippen LogP contribution in [0.3, 0.4) is 0 Å². The van der Waals surface area contributed by atoms with Crippen molar-refractivity contribution in [1.29, 1.82) is 0 Å². The molecule has 0 aliphatic heterocycles. The second-order valence-corrected chi connectivity index (χ2v) is 5.07. The third-order valence-corrected chi connectivity index (χ3v) is 3.44. The van der Waals surface area contributed by atoms with Gasteiger partial charge in [-0.3, -0.25) is 4.79 Å². The number of phenols is 2. The zero-order chi connectivity index (χ0) is 13.1. The summed E-state index contributed by atoms with van der Waals surface area (Å²) in [5, 5.41) is 19.1. The van der Waals surface area contributed by atoms with Crippen LogP contribution < -0.4 is 0 Å². The van der Waals surface area contributed by atoms with E-state index in [9.17, 15) is 15.0 Å². The van der Waals surface area contributed by atoms with E-state index in [-0.39, 0.29) is 29.3 Å². The van der Waals surface area contributed by atoms with Crippen LogP contribution in [0.5, 0.6) is 11.5 Å². The first-order chi connectivity index (χ1) is 8.58. The number of rotatable bonds is 3. The molecule has 0 radical (unpaired) electrons. The number of phenolic OH excluding ortho intramolecular Hbond substituents is 2. The lowest BCUT2D eigenvalue weighted by molar-refractivity contribution is 0.0990. The maximum Gasteiger partial charge on any atom is 0.170 e. The normalized spacial score (nSPS) is 10.3. The fourth-order valence-electron chi connectivity index (χ4n) is 1.65. The van der Waals surface area contributed by atoms with E-state index in [1.165, 1.54) is 12.1 Å². The van der Waals surface area contributed by atoms with E-state index in [4.69, 9.17) is 0 Å². The minimum atomic E-state index is -0.186. The molecule has 0 unspecified atom stereocenters. The molecule has 0 saturated carbocycles. The van der Waals surface area contributed by atoms with Gasteiger partial charge in [0.15, 0.2) is 5.78 Å². The van der Waals surface area contributed by atoms with Crippen LogP contribution in [0.2, 0.25) is 0 Å². The van der Waals surface area contributed by atoms with E-state index in [2.05, 4.69) is 0 Å². The van der Waals surface area contributed by atoms with Crippen LogP contribution in [0.15, 0.2) is 42.5 Å². The summed E-state index contributed by atoms with van der Waals surface area (Å²) in [6.45, 7) is 0. The summed E-state index contributed by atoms with van der Waals surface area (Å²) in [4.78, 5) is 12.1. The highest BCUT2D eigenvalue weighted by Crippen LogP contribution is 2.29. The monoisotopic (exact) mass is 354 g/mol. The van der Waals surface area contributed by atoms with Crippen molar-refractivity contribution in [2.24, 2.45) is 0 Å². The Balaban J connectivity index is 2.27. The van der Waals surface area contributed by atoms with Gasteiger partial charge in [-0.2, -0.15) is 0 Å². The number of aromatic hydroxyl groups is 2. The summed E-state index contributed by atoms with van der Waals surface area (Å²) in [5.41, 5.74) is 1.13. The molecule has 0 fully saturated rings. The van der Waals surface area contributed by atoms with Crippen LogP contribution in [-0.2, 0) is 6.42 Å². The molecule has 2 rings (SSSR count). The van der Waals surface area contributed by atoms with Crippen LogP contribution in [0.4, 0.5) is 0 Å². The number of carbonyl (C=O) groups is 1. The average molecular weight is 354 g/mol. The number of halogens is 1. The number of benzene rings is 2. The molecule has 0 spiro atoms. The Morgan fingerprint density at radius 3 is 2.39 bits per heavy atom. The van der Waals surface area contributed by atoms with Crippen LogP contribution >= 0.6 is 22.6 Å². The van der Waals surface area contributed by atoms with Gasteiger partial charge in [-0.05, 0) is 34.2 Å². The number of Topliss-reactive ketones (excluding diaryl/α,β-unsaturated/α-hetero) is 1. The lowest BCUT2D eigenvalue weighted by Crippen LogP contribution is -2.04. The molecule has 4 heteroatoms. The first-order valence-corrected chi connectivity index (χ1v) is 6.44. The SMILES string of the molecule is O=C(Cc1ccccc1)c1cc(I)c(O)cc1O. The molecule has 0 heterocycles. The van der Waals surface area contributed by atoms with E-state index in [0.29, 0.717) is 3.57 Å².